The number of hydrogen-bond acceptors (Lipinski definition) is 3. The summed E-state index contributed by atoms with van der Waals surface area (Å²) in [7, 11) is 0. The van der Waals surface area contributed by atoms with E-state index < -0.39 is 30.0 Å². The first-order valence-corrected chi connectivity index (χ1v) is 7.55. The van der Waals surface area contributed by atoms with Gasteiger partial charge >= 0.3 is 6.18 Å². The number of aromatic nitrogens is 2. The van der Waals surface area contributed by atoms with Gasteiger partial charge in [-0.2, -0.15) is 18.3 Å². The van der Waals surface area contributed by atoms with E-state index in [2.05, 4.69) is 5.10 Å². The summed E-state index contributed by atoms with van der Waals surface area (Å²) >= 11 is 0. The molecule has 1 aromatic heterocycles. The van der Waals surface area contributed by atoms with Crippen molar-refractivity contribution in [1.29, 1.82) is 0 Å². The number of rotatable bonds is 1. The Hall–Kier alpha value is -1.73. The van der Waals surface area contributed by atoms with Crippen molar-refractivity contribution in [2.75, 3.05) is 13.2 Å². The van der Waals surface area contributed by atoms with E-state index in [1.165, 1.54) is 11.0 Å². The van der Waals surface area contributed by atoms with E-state index in [-0.39, 0.29) is 5.69 Å². The van der Waals surface area contributed by atoms with E-state index >= 15 is 0 Å². The van der Waals surface area contributed by atoms with Crippen LogP contribution in [0.15, 0.2) is 6.07 Å². The lowest BCUT2D eigenvalue weighted by atomic mass is 10.1. The summed E-state index contributed by atoms with van der Waals surface area (Å²) < 4.78 is 46.0. The molecule has 0 N–H and O–H groups in total. The van der Waals surface area contributed by atoms with E-state index in [1.54, 1.807) is 4.68 Å². The largest absolute Gasteiger partial charge is 0.478 e. The zero-order chi connectivity index (χ0) is 15.5. The number of fused-ring (bicyclic) bond motifs is 2. The maximum absolute atomic E-state index is 13.0. The third-order valence-corrected chi connectivity index (χ3v) is 4.79. The Morgan fingerprint density at radius 1 is 1.32 bits per heavy atom. The van der Waals surface area contributed by atoms with Crippen molar-refractivity contribution in [1.82, 2.24) is 14.7 Å². The molecule has 1 aromatic rings. The zero-order valence-corrected chi connectivity index (χ0v) is 11.8. The van der Waals surface area contributed by atoms with Crippen molar-refractivity contribution in [2.45, 2.75) is 38.0 Å². The maximum Gasteiger partial charge on any atom is 0.394 e. The minimum atomic E-state index is -4.23. The quantitative estimate of drug-likeness (QED) is 0.797. The van der Waals surface area contributed by atoms with E-state index in [0.717, 1.165) is 6.42 Å². The summed E-state index contributed by atoms with van der Waals surface area (Å²) in [6, 6.07) is 0.830. The molecule has 3 atom stereocenters. The summed E-state index contributed by atoms with van der Waals surface area (Å²) in [5, 5.41) is 4.19. The number of alkyl halides is 3. The van der Waals surface area contributed by atoms with Gasteiger partial charge in [0.1, 0.15) is 0 Å². The Kier molecular flexibility index (Phi) is 2.93. The summed E-state index contributed by atoms with van der Waals surface area (Å²) in [4.78, 5) is 13.9. The Bertz CT molecular complexity index is 589. The van der Waals surface area contributed by atoms with Crippen molar-refractivity contribution in [3.8, 4) is 5.88 Å². The van der Waals surface area contributed by atoms with Crippen LogP contribution in [0, 0.1) is 11.8 Å². The summed E-state index contributed by atoms with van der Waals surface area (Å²) in [6.07, 6.45) is -2.26. The molecular formula is C14H16F3N3O2. The number of amides is 1. The fourth-order valence-electron chi connectivity index (χ4n) is 3.77. The number of carbonyl (C=O) groups is 1. The van der Waals surface area contributed by atoms with Crippen LogP contribution < -0.4 is 4.74 Å². The van der Waals surface area contributed by atoms with Gasteiger partial charge in [-0.25, -0.2) is 4.68 Å². The smallest absolute Gasteiger partial charge is 0.394 e. The fraction of sp³-hybridized carbons (Fsp3) is 0.714. The van der Waals surface area contributed by atoms with Gasteiger partial charge < -0.3 is 9.64 Å². The number of halogens is 3. The van der Waals surface area contributed by atoms with Crippen molar-refractivity contribution < 1.29 is 22.7 Å². The molecule has 3 aliphatic rings. The average Bonchev–Trinajstić information content (AvgIpc) is 3.08. The topological polar surface area (TPSA) is 47.4 Å². The van der Waals surface area contributed by atoms with Gasteiger partial charge in [0.15, 0.2) is 5.69 Å². The van der Waals surface area contributed by atoms with Crippen molar-refractivity contribution in [3.63, 3.8) is 0 Å². The molecule has 0 spiro atoms. The van der Waals surface area contributed by atoms with Crippen molar-refractivity contribution in [2.24, 2.45) is 11.8 Å². The first-order valence-electron chi connectivity index (χ1n) is 7.55. The van der Waals surface area contributed by atoms with E-state index in [1.807, 2.05) is 0 Å². The molecule has 0 radical (unpaired) electrons. The molecule has 120 valence electrons. The Labute approximate surface area is 125 Å². The predicted molar refractivity (Wildman–Crippen MR) is 69.4 cm³/mol. The van der Waals surface area contributed by atoms with Crippen LogP contribution in [0.2, 0.25) is 0 Å². The minimum absolute atomic E-state index is 0.186. The molecule has 8 heteroatoms. The van der Waals surface area contributed by atoms with Crippen LogP contribution in [0.3, 0.4) is 0 Å². The monoisotopic (exact) mass is 315 g/mol. The molecule has 0 bridgehead atoms. The third-order valence-electron chi connectivity index (χ3n) is 4.79. The maximum atomic E-state index is 13.0. The Morgan fingerprint density at radius 2 is 2.14 bits per heavy atom. The van der Waals surface area contributed by atoms with Crippen LogP contribution >= 0.6 is 0 Å². The van der Waals surface area contributed by atoms with Gasteiger partial charge in [0, 0.05) is 31.6 Å². The highest BCUT2D eigenvalue weighted by Gasteiger charge is 2.67. The van der Waals surface area contributed by atoms with Gasteiger partial charge in [-0.05, 0) is 18.8 Å². The normalized spacial score (nSPS) is 30.3. The highest BCUT2D eigenvalue weighted by Crippen LogP contribution is 2.57. The molecule has 0 aromatic carbocycles. The lowest BCUT2D eigenvalue weighted by Gasteiger charge is -2.25. The van der Waals surface area contributed by atoms with Crippen molar-refractivity contribution in [3.05, 3.63) is 11.8 Å². The van der Waals surface area contributed by atoms with Gasteiger partial charge in [0.25, 0.3) is 5.91 Å². The molecule has 2 aliphatic heterocycles. The van der Waals surface area contributed by atoms with E-state index in [4.69, 9.17) is 4.74 Å². The number of aryl methyl sites for hydroxylation is 1. The number of piperidine rings is 1. The molecule has 3 heterocycles. The molecule has 5 nitrogen and oxygen atoms in total. The molecule has 2 fully saturated rings. The third kappa shape index (κ3) is 2.07. The van der Waals surface area contributed by atoms with Gasteiger partial charge in [-0.1, -0.05) is 0 Å². The van der Waals surface area contributed by atoms with Gasteiger partial charge in [0.2, 0.25) is 5.88 Å². The SMILES string of the molecule is O=C(c1cc2n(n1)CCCO2)N1CCCC2C1C2C(F)(F)F. The van der Waals surface area contributed by atoms with Crippen LogP contribution in [0.5, 0.6) is 5.88 Å². The highest BCUT2D eigenvalue weighted by atomic mass is 19.4. The number of ether oxygens (including phenoxy) is 1. The van der Waals surface area contributed by atoms with Gasteiger partial charge in [-0.3, -0.25) is 4.79 Å². The second-order valence-corrected chi connectivity index (χ2v) is 6.16. The summed E-state index contributed by atoms with van der Waals surface area (Å²) in [5.41, 5.74) is 0.186. The number of carbonyl (C=O) groups excluding carboxylic acids is 1. The Morgan fingerprint density at radius 3 is 2.86 bits per heavy atom. The average molecular weight is 315 g/mol. The minimum Gasteiger partial charge on any atom is -0.478 e. The van der Waals surface area contributed by atoms with Crippen LogP contribution in [-0.4, -0.2) is 46.0 Å². The second kappa shape index (κ2) is 4.63. The van der Waals surface area contributed by atoms with E-state index in [9.17, 15) is 18.0 Å². The first kappa shape index (κ1) is 13.9. The molecule has 1 saturated heterocycles. The number of likely N-dealkylation sites (tertiary alicyclic amines) is 1. The highest BCUT2D eigenvalue weighted by molar-refractivity contribution is 5.93. The standard InChI is InChI=1S/C14H16F3N3O2/c15-14(16,17)11-8-3-1-4-19(12(8)11)13(21)9-7-10-20(18-9)5-2-6-22-10/h7-8,11-12H,1-6H2. The first-order chi connectivity index (χ1) is 10.5. The van der Waals surface area contributed by atoms with Crippen LogP contribution in [-0.2, 0) is 6.54 Å². The summed E-state index contributed by atoms with van der Waals surface area (Å²) in [6.45, 7) is 1.61. The molecular weight excluding hydrogens is 299 g/mol. The molecule has 4 rings (SSSR count). The lowest BCUT2D eigenvalue weighted by Crippen LogP contribution is -2.39. The number of nitrogens with zero attached hydrogens (tertiary/aromatic N) is 3. The van der Waals surface area contributed by atoms with Gasteiger partial charge in [0.05, 0.1) is 12.5 Å². The lowest BCUT2D eigenvalue weighted by molar-refractivity contribution is -0.153. The molecule has 1 saturated carbocycles. The molecule has 3 unspecified atom stereocenters. The summed E-state index contributed by atoms with van der Waals surface area (Å²) in [5.74, 6) is -1.70. The predicted octanol–water partition coefficient (Wildman–Crippen LogP) is 2.08. The van der Waals surface area contributed by atoms with Gasteiger partial charge in [-0.15, -0.1) is 0 Å². The van der Waals surface area contributed by atoms with Crippen LogP contribution in [0.1, 0.15) is 29.8 Å². The number of hydrogen-bond donors (Lipinski definition) is 0. The van der Waals surface area contributed by atoms with Crippen LogP contribution in [0.25, 0.3) is 0 Å². The van der Waals surface area contributed by atoms with E-state index in [0.29, 0.717) is 38.4 Å². The fourth-order valence-corrected chi connectivity index (χ4v) is 3.77. The molecule has 1 amide bonds. The molecule has 1 aliphatic carbocycles. The molecule has 22 heavy (non-hydrogen) atoms. The van der Waals surface area contributed by atoms with Crippen molar-refractivity contribution >= 4 is 5.91 Å². The zero-order valence-electron chi connectivity index (χ0n) is 11.8. The second-order valence-electron chi connectivity index (χ2n) is 6.16. The Balaban J connectivity index is 1.56. The van der Waals surface area contributed by atoms with Crippen LogP contribution in [0.4, 0.5) is 13.2 Å².